The Morgan fingerprint density at radius 3 is 2.61 bits per heavy atom. The van der Waals surface area contributed by atoms with Gasteiger partial charge in [0, 0.05) is 13.1 Å². The lowest BCUT2D eigenvalue weighted by Crippen LogP contribution is -2.35. The van der Waals surface area contributed by atoms with Gasteiger partial charge in [-0.25, -0.2) is 0 Å². The van der Waals surface area contributed by atoms with Crippen LogP contribution in [0.3, 0.4) is 0 Å². The summed E-state index contributed by atoms with van der Waals surface area (Å²) in [4.78, 5) is 33.6. The number of carbonyl (C=O) groups excluding carboxylic acids is 2. The van der Waals surface area contributed by atoms with Gasteiger partial charge in [-0.05, 0) is 6.07 Å². The van der Waals surface area contributed by atoms with Crippen LogP contribution >= 0.6 is 11.6 Å². The molecule has 0 fully saturated rings. The number of nitrogens with two attached hydrogens (primary N) is 1. The van der Waals surface area contributed by atoms with Crippen molar-refractivity contribution in [3.63, 3.8) is 0 Å². The van der Waals surface area contributed by atoms with Gasteiger partial charge in [0.15, 0.2) is 0 Å². The smallest absolute Gasteiger partial charge is 0.288 e. The molecule has 0 heterocycles. The number of primary amides is 1. The third kappa shape index (κ3) is 2.95. The van der Waals surface area contributed by atoms with E-state index in [-0.39, 0.29) is 22.8 Å². The lowest BCUT2D eigenvalue weighted by Gasteiger charge is -2.15. The maximum Gasteiger partial charge on any atom is 0.288 e. The Morgan fingerprint density at radius 1 is 1.50 bits per heavy atom. The summed E-state index contributed by atoms with van der Waals surface area (Å²) in [6.07, 6.45) is 0. The summed E-state index contributed by atoms with van der Waals surface area (Å²) < 4.78 is 0. The van der Waals surface area contributed by atoms with E-state index in [0.29, 0.717) is 0 Å². The quantitative estimate of drug-likeness (QED) is 0.646. The van der Waals surface area contributed by atoms with E-state index in [1.807, 2.05) is 0 Å². The summed E-state index contributed by atoms with van der Waals surface area (Å²) in [7, 11) is 1.35. The lowest BCUT2D eigenvalue weighted by molar-refractivity contribution is -0.384. The highest BCUT2D eigenvalue weighted by Gasteiger charge is 2.22. The first-order valence-corrected chi connectivity index (χ1v) is 5.19. The zero-order valence-corrected chi connectivity index (χ0v) is 10.2. The number of nitro benzene ring substituents is 1. The summed E-state index contributed by atoms with van der Waals surface area (Å²) in [5.74, 6) is -1.30. The molecule has 0 radical (unpaired) electrons. The average molecular weight is 272 g/mol. The van der Waals surface area contributed by atoms with Crippen molar-refractivity contribution in [2.45, 2.75) is 0 Å². The van der Waals surface area contributed by atoms with E-state index in [0.717, 1.165) is 4.90 Å². The number of benzene rings is 1. The van der Waals surface area contributed by atoms with E-state index < -0.39 is 16.7 Å². The van der Waals surface area contributed by atoms with Gasteiger partial charge in [-0.3, -0.25) is 19.7 Å². The molecule has 2 amide bonds. The third-order valence-corrected chi connectivity index (χ3v) is 2.54. The zero-order valence-electron chi connectivity index (χ0n) is 9.42. The molecule has 0 unspecified atom stereocenters. The van der Waals surface area contributed by atoms with E-state index >= 15 is 0 Å². The normalized spacial score (nSPS) is 9.89. The number of halogens is 1. The van der Waals surface area contributed by atoms with Gasteiger partial charge >= 0.3 is 0 Å². The molecule has 0 aliphatic carbocycles. The van der Waals surface area contributed by atoms with E-state index in [1.54, 1.807) is 0 Å². The number of hydrogen-bond donors (Lipinski definition) is 1. The van der Waals surface area contributed by atoms with Gasteiger partial charge in [0.2, 0.25) is 5.91 Å². The second-order valence-corrected chi connectivity index (χ2v) is 3.90. The van der Waals surface area contributed by atoms with Crippen molar-refractivity contribution < 1.29 is 14.5 Å². The topological polar surface area (TPSA) is 107 Å². The Morgan fingerprint density at radius 2 is 2.11 bits per heavy atom. The van der Waals surface area contributed by atoms with Gasteiger partial charge in [-0.1, -0.05) is 17.7 Å². The first-order chi connectivity index (χ1) is 8.34. The van der Waals surface area contributed by atoms with Crippen molar-refractivity contribution in [1.29, 1.82) is 0 Å². The molecule has 8 heteroatoms. The Bertz CT molecular complexity index is 518. The first-order valence-electron chi connectivity index (χ1n) is 4.81. The molecule has 0 aliphatic rings. The van der Waals surface area contributed by atoms with Crippen LogP contribution in [-0.4, -0.2) is 35.2 Å². The van der Waals surface area contributed by atoms with Crippen LogP contribution in [0.5, 0.6) is 0 Å². The number of likely N-dealkylation sites (N-methyl/N-ethyl adjacent to an activating group) is 1. The third-order valence-electron chi connectivity index (χ3n) is 2.15. The molecule has 0 atom stereocenters. The van der Waals surface area contributed by atoms with Crippen molar-refractivity contribution in [1.82, 2.24) is 4.90 Å². The molecule has 0 aromatic heterocycles. The molecule has 0 spiro atoms. The maximum atomic E-state index is 11.9. The SMILES string of the molecule is CN(CC(N)=O)C(=O)c1cccc([N+](=O)[O-])c1Cl. The van der Waals surface area contributed by atoms with Crippen LogP contribution < -0.4 is 5.73 Å². The van der Waals surface area contributed by atoms with E-state index in [4.69, 9.17) is 17.3 Å². The fourth-order valence-corrected chi connectivity index (χ4v) is 1.61. The number of amides is 2. The van der Waals surface area contributed by atoms with E-state index in [2.05, 4.69) is 0 Å². The van der Waals surface area contributed by atoms with Crippen molar-refractivity contribution in [3.05, 3.63) is 38.9 Å². The first kappa shape index (κ1) is 13.9. The molecule has 0 saturated heterocycles. The second-order valence-electron chi connectivity index (χ2n) is 3.52. The summed E-state index contributed by atoms with van der Waals surface area (Å²) in [6.45, 7) is -0.294. The second kappa shape index (κ2) is 5.46. The molecule has 0 bridgehead atoms. The number of nitrogens with zero attached hydrogens (tertiary/aromatic N) is 2. The van der Waals surface area contributed by atoms with E-state index in [9.17, 15) is 19.7 Å². The Kier molecular flexibility index (Phi) is 4.22. The number of nitro groups is 1. The predicted molar refractivity (Wildman–Crippen MR) is 64.3 cm³/mol. The van der Waals surface area contributed by atoms with Gasteiger partial charge < -0.3 is 10.6 Å². The molecule has 1 rings (SSSR count). The molecule has 7 nitrogen and oxygen atoms in total. The molecule has 0 aliphatic heterocycles. The van der Waals surface area contributed by atoms with Crippen LogP contribution in [0, 0.1) is 10.1 Å². The van der Waals surface area contributed by atoms with Crippen LogP contribution in [0.15, 0.2) is 18.2 Å². The van der Waals surface area contributed by atoms with Crippen LogP contribution in [0.2, 0.25) is 5.02 Å². The summed E-state index contributed by atoms with van der Waals surface area (Å²) in [5, 5.41) is 10.4. The van der Waals surface area contributed by atoms with Crippen LogP contribution in [0.4, 0.5) is 5.69 Å². The molecule has 2 N–H and O–H groups in total. The zero-order chi connectivity index (χ0) is 13.9. The van der Waals surface area contributed by atoms with Gasteiger partial charge in [-0.15, -0.1) is 0 Å². The van der Waals surface area contributed by atoms with Gasteiger partial charge in [0.05, 0.1) is 17.0 Å². The summed E-state index contributed by atoms with van der Waals surface area (Å²) in [5.41, 5.74) is 4.54. The minimum Gasteiger partial charge on any atom is -0.368 e. The molecule has 1 aromatic carbocycles. The van der Waals surface area contributed by atoms with Crippen molar-refractivity contribution >= 4 is 29.1 Å². The average Bonchev–Trinajstić information content (AvgIpc) is 2.27. The molecule has 0 saturated carbocycles. The summed E-state index contributed by atoms with van der Waals surface area (Å²) in [6, 6.07) is 3.87. The highest BCUT2D eigenvalue weighted by molar-refractivity contribution is 6.35. The molecule has 96 valence electrons. The highest BCUT2D eigenvalue weighted by atomic mass is 35.5. The Hall–Kier alpha value is -2.15. The minimum absolute atomic E-state index is 0.0467. The lowest BCUT2D eigenvalue weighted by atomic mass is 10.1. The van der Waals surface area contributed by atoms with Crippen LogP contribution in [0.1, 0.15) is 10.4 Å². The van der Waals surface area contributed by atoms with Crippen molar-refractivity contribution in [2.24, 2.45) is 5.73 Å². The monoisotopic (exact) mass is 271 g/mol. The molecular formula is C10H10ClN3O4. The van der Waals surface area contributed by atoms with Gasteiger partial charge in [-0.2, -0.15) is 0 Å². The van der Waals surface area contributed by atoms with Crippen LogP contribution in [-0.2, 0) is 4.79 Å². The Balaban J connectivity index is 3.10. The van der Waals surface area contributed by atoms with Crippen molar-refractivity contribution in [3.8, 4) is 0 Å². The fraction of sp³-hybridized carbons (Fsp3) is 0.200. The highest BCUT2D eigenvalue weighted by Crippen LogP contribution is 2.28. The number of rotatable bonds is 4. The summed E-state index contributed by atoms with van der Waals surface area (Å²) >= 11 is 5.77. The van der Waals surface area contributed by atoms with Gasteiger partial charge in [0.1, 0.15) is 5.02 Å². The standard InChI is InChI=1S/C10H10ClN3O4/c1-13(5-8(12)15)10(16)6-3-2-4-7(9(6)11)14(17)18/h2-4H,5H2,1H3,(H2,12,15). The number of hydrogen-bond acceptors (Lipinski definition) is 4. The van der Waals surface area contributed by atoms with Crippen LogP contribution in [0.25, 0.3) is 0 Å². The predicted octanol–water partition coefficient (Wildman–Crippen LogP) is 0.806. The minimum atomic E-state index is -0.688. The number of carbonyl (C=O) groups is 2. The van der Waals surface area contributed by atoms with Gasteiger partial charge in [0.25, 0.3) is 11.6 Å². The molecule has 1 aromatic rings. The molecule has 18 heavy (non-hydrogen) atoms. The van der Waals surface area contributed by atoms with E-state index in [1.165, 1.54) is 25.2 Å². The molecular weight excluding hydrogens is 262 g/mol. The largest absolute Gasteiger partial charge is 0.368 e. The Labute approximate surface area is 107 Å². The fourth-order valence-electron chi connectivity index (χ4n) is 1.34. The van der Waals surface area contributed by atoms with Crippen molar-refractivity contribution in [2.75, 3.05) is 13.6 Å². The maximum absolute atomic E-state index is 11.9.